The smallest absolute Gasteiger partial charge is 0.242 e. The van der Waals surface area contributed by atoms with Gasteiger partial charge in [-0.05, 0) is 34.7 Å². The zero-order valence-corrected chi connectivity index (χ0v) is 13.5. The van der Waals surface area contributed by atoms with Gasteiger partial charge in [-0.3, -0.25) is 14.3 Å². The number of hydrogen-bond donors (Lipinski definition) is 3. The molecule has 0 aliphatic heterocycles. The van der Waals surface area contributed by atoms with Gasteiger partial charge in [-0.15, -0.1) is 0 Å². The minimum atomic E-state index is -0.607. The summed E-state index contributed by atoms with van der Waals surface area (Å²) in [6.07, 6.45) is 3.39. The van der Waals surface area contributed by atoms with E-state index in [1.54, 1.807) is 38.1 Å². The van der Waals surface area contributed by atoms with Gasteiger partial charge >= 0.3 is 0 Å². The van der Waals surface area contributed by atoms with E-state index >= 15 is 0 Å². The number of hydrogen-bond acceptors (Lipinski definition) is 4. The van der Waals surface area contributed by atoms with Crippen molar-refractivity contribution in [3.8, 4) is 0 Å². The Bertz CT molecular complexity index is 504. The van der Waals surface area contributed by atoms with Gasteiger partial charge in [0.2, 0.25) is 11.8 Å². The van der Waals surface area contributed by atoms with Crippen LogP contribution in [0.3, 0.4) is 0 Å². The van der Waals surface area contributed by atoms with Crippen LogP contribution in [0, 0.1) is 0 Å². The topological polar surface area (TPSA) is 88.1 Å². The SMILES string of the molecule is CNC(C(=O)NC(C)C(=O)NC(C)(C)C)c1cnn(C)c1. The third kappa shape index (κ3) is 5.18. The van der Waals surface area contributed by atoms with Crippen molar-refractivity contribution in [2.45, 2.75) is 45.3 Å². The molecule has 1 aromatic heterocycles. The van der Waals surface area contributed by atoms with Crippen LogP contribution in [0.4, 0.5) is 0 Å². The minimum absolute atomic E-state index is 0.211. The molecule has 0 aliphatic rings. The van der Waals surface area contributed by atoms with Gasteiger partial charge in [0.1, 0.15) is 12.1 Å². The van der Waals surface area contributed by atoms with Crippen LogP contribution < -0.4 is 16.0 Å². The first-order valence-electron chi connectivity index (χ1n) is 6.92. The number of nitrogens with zero attached hydrogens (tertiary/aromatic N) is 2. The monoisotopic (exact) mass is 295 g/mol. The Morgan fingerprint density at radius 2 is 1.90 bits per heavy atom. The number of carbonyl (C=O) groups is 2. The molecule has 1 rings (SSSR count). The molecule has 2 atom stereocenters. The van der Waals surface area contributed by atoms with Gasteiger partial charge in [-0.1, -0.05) is 0 Å². The van der Waals surface area contributed by atoms with Gasteiger partial charge in [0.25, 0.3) is 0 Å². The van der Waals surface area contributed by atoms with E-state index in [9.17, 15) is 9.59 Å². The minimum Gasteiger partial charge on any atom is -0.350 e. The number of carbonyl (C=O) groups excluding carboxylic acids is 2. The lowest BCUT2D eigenvalue weighted by Crippen LogP contribution is -2.52. The number of rotatable bonds is 5. The molecule has 0 spiro atoms. The van der Waals surface area contributed by atoms with Crippen molar-refractivity contribution in [2.24, 2.45) is 7.05 Å². The molecule has 3 N–H and O–H groups in total. The first-order chi connectivity index (χ1) is 9.64. The number of nitrogens with one attached hydrogen (secondary N) is 3. The summed E-state index contributed by atoms with van der Waals surface area (Å²) in [6, 6.07) is -1.15. The molecule has 7 heteroatoms. The van der Waals surface area contributed by atoms with E-state index in [1.165, 1.54) is 0 Å². The highest BCUT2D eigenvalue weighted by molar-refractivity contribution is 5.90. The largest absolute Gasteiger partial charge is 0.350 e. The summed E-state index contributed by atoms with van der Waals surface area (Å²) >= 11 is 0. The molecule has 2 unspecified atom stereocenters. The fourth-order valence-electron chi connectivity index (χ4n) is 1.88. The van der Waals surface area contributed by atoms with E-state index in [0.29, 0.717) is 0 Å². The average molecular weight is 295 g/mol. The Balaban J connectivity index is 2.68. The molecule has 1 aromatic rings. The third-order valence-electron chi connectivity index (χ3n) is 2.86. The highest BCUT2D eigenvalue weighted by Gasteiger charge is 2.25. The molecule has 118 valence electrons. The Morgan fingerprint density at radius 1 is 1.29 bits per heavy atom. The third-order valence-corrected chi connectivity index (χ3v) is 2.86. The first kappa shape index (κ1) is 17.2. The summed E-state index contributed by atoms with van der Waals surface area (Å²) < 4.78 is 1.63. The highest BCUT2D eigenvalue weighted by atomic mass is 16.2. The van der Waals surface area contributed by atoms with Crippen LogP contribution in [0.15, 0.2) is 12.4 Å². The van der Waals surface area contributed by atoms with Gasteiger partial charge in [-0.25, -0.2) is 0 Å². The number of aryl methyl sites for hydroxylation is 1. The molecule has 0 radical (unpaired) electrons. The molecule has 0 saturated heterocycles. The van der Waals surface area contributed by atoms with Crippen molar-refractivity contribution in [1.29, 1.82) is 0 Å². The molecule has 7 nitrogen and oxygen atoms in total. The Hall–Kier alpha value is -1.89. The van der Waals surface area contributed by atoms with Crippen molar-refractivity contribution >= 4 is 11.8 Å². The average Bonchev–Trinajstić information content (AvgIpc) is 2.74. The summed E-state index contributed by atoms with van der Waals surface area (Å²) in [4.78, 5) is 24.3. The fraction of sp³-hybridized carbons (Fsp3) is 0.643. The first-order valence-corrected chi connectivity index (χ1v) is 6.92. The Kier molecular flexibility index (Phi) is 5.48. The standard InChI is InChI=1S/C14H25N5O2/c1-9(12(20)18-14(2,3)4)17-13(21)11(15-5)10-7-16-19(6)8-10/h7-9,11,15H,1-6H3,(H,17,21)(H,18,20). The molecule has 0 bridgehead atoms. The zero-order valence-electron chi connectivity index (χ0n) is 13.5. The second-order valence-corrected chi connectivity index (χ2v) is 6.14. The maximum Gasteiger partial charge on any atom is 0.242 e. The lowest BCUT2D eigenvalue weighted by atomic mass is 10.1. The molecular weight excluding hydrogens is 270 g/mol. The van der Waals surface area contributed by atoms with Crippen LogP contribution in [-0.2, 0) is 16.6 Å². The summed E-state index contributed by atoms with van der Waals surface area (Å²) in [5.74, 6) is -0.473. The molecule has 0 saturated carbocycles. The lowest BCUT2D eigenvalue weighted by Gasteiger charge is -2.24. The zero-order chi connectivity index (χ0) is 16.2. The molecule has 0 fully saturated rings. The predicted octanol–water partition coefficient (Wildman–Crippen LogP) is 0.100. The Morgan fingerprint density at radius 3 is 2.33 bits per heavy atom. The summed E-state index contributed by atoms with van der Waals surface area (Å²) in [7, 11) is 3.48. The molecule has 0 aromatic carbocycles. The second-order valence-electron chi connectivity index (χ2n) is 6.14. The quantitative estimate of drug-likeness (QED) is 0.719. The van der Waals surface area contributed by atoms with Crippen molar-refractivity contribution in [2.75, 3.05) is 7.05 Å². The molecular formula is C14H25N5O2. The normalized spacial score (nSPS) is 14.4. The van der Waals surface area contributed by atoms with Crippen molar-refractivity contribution in [3.05, 3.63) is 18.0 Å². The van der Waals surface area contributed by atoms with Crippen molar-refractivity contribution in [3.63, 3.8) is 0 Å². The van der Waals surface area contributed by atoms with Crippen LogP contribution in [0.2, 0.25) is 0 Å². The van der Waals surface area contributed by atoms with E-state index < -0.39 is 12.1 Å². The van der Waals surface area contributed by atoms with E-state index in [0.717, 1.165) is 5.56 Å². The predicted molar refractivity (Wildman–Crippen MR) is 80.5 cm³/mol. The van der Waals surface area contributed by atoms with Gasteiger partial charge in [-0.2, -0.15) is 5.10 Å². The number of likely N-dealkylation sites (N-methyl/N-ethyl adjacent to an activating group) is 1. The summed E-state index contributed by atoms with van der Waals surface area (Å²) in [5.41, 5.74) is 0.419. The van der Waals surface area contributed by atoms with Crippen LogP contribution in [0.25, 0.3) is 0 Å². The number of aromatic nitrogens is 2. The summed E-state index contributed by atoms with van der Waals surface area (Å²) in [5, 5.41) is 12.5. The second kappa shape index (κ2) is 6.71. The highest BCUT2D eigenvalue weighted by Crippen LogP contribution is 2.11. The van der Waals surface area contributed by atoms with Gasteiger partial charge < -0.3 is 16.0 Å². The fourth-order valence-corrected chi connectivity index (χ4v) is 1.88. The summed E-state index contributed by atoms with van der Waals surface area (Å²) in [6.45, 7) is 7.34. The van der Waals surface area contributed by atoms with E-state index in [4.69, 9.17) is 0 Å². The van der Waals surface area contributed by atoms with Crippen molar-refractivity contribution < 1.29 is 9.59 Å². The van der Waals surface area contributed by atoms with Crippen LogP contribution in [-0.4, -0.2) is 40.2 Å². The molecule has 2 amide bonds. The van der Waals surface area contributed by atoms with Crippen LogP contribution in [0.1, 0.15) is 39.3 Å². The van der Waals surface area contributed by atoms with Gasteiger partial charge in [0.05, 0.1) is 6.20 Å². The lowest BCUT2D eigenvalue weighted by molar-refractivity contribution is -0.130. The van der Waals surface area contributed by atoms with E-state index in [2.05, 4.69) is 21.0 Å². The van der Waals surface area contributed by atoms with E-state index in [1.807, 2.05) is 20.8 Å². The van der Waals surface area contributed by atoms with Gasteiger partial charge in [0, 0.05) is 24.3 Å². The molecule has 21 heavy (non-hydrogen) atoms. The Labute approximate surface area is 125 Å². The van der Waals surface area contributed by atoms with Crippen LogP contribution >= 0.6 is 0 Å². The van der Waals surface area contributed by atoms with E-state index in [-0.39, 0.29) is 17.4 Å². The van der Waals surface area contributed by atoms with Gasteiger partial charge in [0.15, 0.2) is 0 Å². The maximum absolute atomic E-state index is 12.3. The van der Waals surface area contributed by atoms with Crippen LogP contribution in [0.5, 0.6) is 0 Å². The maximum atomic E-state index is 12.3. The van der Waals surface area contributed by atoms with Crippen molar-refractivity contribution in [1.82, 2.24) is 25.7 Å². The molecule has 0 aliphatic carbocycles. The number of amides is 2. The molecule has 1 heterocycles.